The summed E-state index contributed by atoms with van der Waals surface area (Å²) in [5.74, 6) is -0.638. The second kappa shape index (κ2) is 8.60. The second-order valence-electron chi connectivity index (χ2n) is 7.44. The van der Waals surface area contributed by atoms with Gasteiger partial charge in [0.05, 0.1) is 24.4 Å². The first-order chi connectivity index (χ1) is 16.5. The van der Waals surface area contributed by atoms with Crippen LogP contribution in [0.3, 0.4) is 0 Å². The van der Waals surface area contributed by atoms with Crippen molar-refractivity contribution in [3.8, 4) is 5.75 Å². The number of fused-ring (bicyclic) bond motifs is 4. The third-order valence-electron chi connectivity index (χ3n) is 5.47. The summed E-state index contributed by atoms with van der Waals surface area (Å²) in [5, 5.41) is 2.45. The number of aromatic nitrogens is 1. The van der Waals surface area contributed by atoms with Crippen LogP contribution in [0, 0.1) is 0 Å². The molecular formula is C25H18N2O6S. The van der Waals surface area contributed by atoms with Crippen LogP contribution in [-0.4, -0.2) is 30.7 Å². The predicted octanol–water partition coefficient (Wildman–Crippen LogP) is 3.89. The molecule has 0 aliphatic carbocycles. The zero-order valence-corrected chi connectivity index (χ0v) is 19.0. The first-order valence-corrected chi connectivity index (χ1v) is 11.1. The van der Waals surface area contributed by atoms with E-state index in [1.54, 1.807) is 35.9 Å². The summed E-state index contributed by atoms with van der Waals surface area (Å²) < 4.78 is 17.8. The number of thiazole rings is 1. The molecule has 5 aromatic rings. The lowest BCUT2D eigenvalue weighted by Gasteiger charge is -2.05. The molecule has 2 aromatic heterocycles. The van der Waals surface area contributed by atoms with Gasteiger partial charge in [-0.2, -0.15) is 4.99 Å². The summed E-state index contributed by atoms with van der Waals surface area (Å²) >= 11 is 1.20. The number of carbonyl (C=O) groups is 2. The van der Waals surface area contributed by atoms with E-state index in [0.29, 0.717) is 22.2 Å². The summed E-state index contributed by atoms with van der Waals surface area (Å²) in [5.41, 5.74) is 0.0941. The maximum Gasteiger partial charge on any atom is 0.349 e. The molecule has 0 saturated carbocycles. The van der Waals surface area contributed by atoms with Crippen LogP contribution in [0.1, 0.15) is 10.4 Å². The Morgan fingerprint density at radius 1 is 1.03 bits per heavy atom. The lowest BCUT2D eigenvalue weighted by atomic mass is 10.0. The van der Waals surface area contributed by atoms with Crippen molar-refractivity contribution in [3.05, 3.63) is 81.4 Å². The van der Waals surface area contributed by atoms with Crippen LogP contribution < -0.4 is 15.2 Å². The maximum absolute atomic E-state index is 13.1. The zero-order chi connectivity index (χ0) is 23.8. The molecule has 0 saturated heterocycles. The molecule has 0 N–H and O–H groups in total. The van der Waals surface area contributed by atoms with Crippen molar-refractivity contribution in [3.63, 3.8) is 0 Å². The Labute approximate surface area is 196 Å². The fraction of sp³-hybridized carbons (Fsp3) is 0.120. The molecule has 34 heavy (non-hydrogen) atoms. The quantitative estimate of drug-likeness (QED) is 0.223. The molecule has 0 aliphatic heterocycles. The van der Waals surface area contributed by atoms with Gasteiger partial charge in [-0.15, -0.1) is 0 Å². The zero-order valence-electron chi connectivity index (χ0n) is 18.2. The smallest absolute Gasteiger partial charge is 0.349 e. The summed E-state index contributed by atoms with van der Waals surface area (Å²) in [6.45, 7) is -0.147. The van der Waals surface area contributed by atoms with E-state index in [4.69, 9.17) is 13.9 Å². The van der Waals surface area contributed by atoms with E-state index in [1.807, 2.05) is 30.3 Å². The van der Waals surface area contributed by atoms with Crippen LogP contribution in [0.5, 0.6) is 5.75 Å². The van der Waals surface area contributed by atoms with Crippen molar-refractivity contribution in [1.82, 2.24) is 4.57 Å². The topological polar surface area (TPSA) is 100 Å². The first-order valence-electron chi connectivity index (χ1n) is 10.3. The molecule has 3 aromatic carbocycles. The Bertz CT molecular complexity index is 1730. The molecule has 0 fully saturated rings. The van der Waals surface area contributed by atoms with Crippen LogP contribution in [0.15, 0.2) is 74.9 Å². The summed E-state index contributed by atoms with van der Waals surface area (Å²) in [6, 6.07) is 18.0. The van der Waals surface area contributed by atoms with Gasteiger partial charge in [0.15, 0.2) is 4.80 Å². The monoisotopic (exact) mass is 474 g/mol. The summed E-state index contributed by atoms with van der Waals surface area (Å²) in [4.78, 5) is 42.2. The highest BCUT2D eigenvalue weighted by Gasteiger charge is 2.17. The fourth-order valence-electron chi connectivity index (χ4n) is 3.78. The van der Waals surface area contributed by atoms with Gasteiger partial charge in [0.2, 0.25) is 0 Å². The van der Waals surface area contributed by atoms with Crippen LogP contribution in [-0.2, 0) is 16.1 Å². The number of esters is 1. The Balaban J connectivity index is 1.69. The Morgan fingerprint density at radius 2 is 1.85 bits per heavy atom. The molecule has 8 nitrogen and oxygen atoms in total. The number of ether oxygens (including phenoxy) is 2. The third kappa shape index (κ3) is 3.75. The van der Waals surface area contributed by atoms with Crippen molar-refractivity contribution in [2.24, 2.45) is 4.99 Å². The SMILES string of the molecule is COC(=O)Cn1c(=NC(=O)c2cc3c(ccc4ccccc43)oc2=O)sc2cc(OC)ccc21. The number of carbonyl (C=O) groups excluding carboxylic acids is 2. The average Bonchev–Trinajstić information content (AvgIpc) is 3.18. The molecule has 0 radical (unpaired) electrons. The highest BCUT2D eigenvalue weighted by molar-refractivity contribution is 7.16. The van der Waals surface area contributed by atoms with E-state index in [0.717, 1.165) is 15.5 Å². The third-order valence-corrected chi connectivity index (χ3v) is 6.52. The Hall–Kier alpha value is -4.24. The molecule has 170 valence electrons. The minimum Gasteiger partial charge on any atom is -0.497 e. The van der Waals surface area contributed by atoms with Crippen LogP contribution in [0.2, 0.25) is 0 Å². The molecule has 0 bridgehead atoms. The van der Waals surface area contributed by atoms with E-state index in [9.17, 15) is 14.4 Å². The lowest BCUT2D eigenvalue weighted by Crippen LogP contribution is -2.23. The Morgan fingerprint density at radius 3 is 2.65 bits per heavy atom. The Kier molecular flexibility index (Phi) is 5.46. The van der Waals surface area contributed by atoms with Gasteiger partial charge in [-0.05, 0) is 41.1 Å². The minimum absolute atomic E-state index is 0.147. The normalized spacial score (nSPS) is 11.9. The first kappa shape index (κ1) is 21.6. The van der Waals surface area contributed by atoms with Gasteiger partial charge < -0.3 is 18.5 Å². The number of methoxy groups -OCH3 is 2. The molecular weight excluding hydrogens is 456 g/mol. The van der Waals surface area contributed by atoms with Crippen LogP contribution in [0.25, 0.3) is 32.0 Å². The molecule has 5 rings (SSSR count). The average molecular weight is 474 g/mol. The van der Waals surface area contributed by atoms with Crippen molar-refractivity contribution < 1.29 is 23.5 Å². The maximum atomic E-state index is 13.1. The van der Waals surface area contributed by atoms with E-state index >= 15 is 0 Å². The van der Waals surface area contributed by atoms with Gasteiger partial charge in [0, 0.05) is 5.39 Å². The number of hydrogen-bond donors (Lipinski definition) is 0. The molecule has 0 spiro atoms. The van der Waals surface area contributed by atoms with Crippen LogP contribution in [0.4, 0.5) is 0 Å². The minimum atomic E-state index is -0.779. The molecule has 0 unspecified atom stereocenters. The molecule has 2 heterocycles. The van der Waals surface area contributed by atoms with Gasteiger partial charge >= 0.3 is 11.6 Å². The summed E-state index contributed by atoms with van der Waals surface area (Å²) in [6.07, 6.45) is 0. The number of hydrogen-bond acceptors (Lipinski definition) is 7. The van der Waals surface area contributed by atoms with Gasteiger partial charge in [-0.1, -0.05) is 41.7 Å². The van der Waals surface area contributed by atoms with Crippen LogP contribution >= 0.6 is 11.3 Å². The lowest BCUT2D eigenvalue weighted by molar-refractivity contribution is -0.141. The fourth-order valence-corrected chi connectivity index (χ4v) is 4.84. The van der Waals surface area contributed by atoms with E-state index < -0.39 is 17.5 Å². The van der Waals surface area contributed by atoms with E-state index in [-0.39, 0.29) is 16.9 Å². The molecule has 0 atom stereocenters. The van der Waals surface area contributed by atoms with Gasteiger partial charge in [0.25, 0.3) is 5.91 Å². The largest absolute Gasteiger partial charge is 0.497 e. The molecule has 0 aliphatic rings. The van der Waals surface area contributed by atoms with E-state index in [1.165, 1.54) is 24.5 Å². The van der Waals surface area contributed by atoms with Crippen molar-refractivity contribution in [1.29, 1.82) is 0 Å². The second-order valence-corrected chi connectivity index (χ2v) is 8.45. The highest BCUT2D eigenvalue weighted by atomic mass is 32.1. The van der Waals surface area contributed by atoms with Crippen molar-refractivity contribution >= 4 is 55.2 Å². The number of nitrogens with zero attached hydrogens (tertiary/aromatic N) is 2. The number of benzene rings is 3. The number of rotatable bonds is 4. The summed E-state index contributed by atoms with van der Waals surface area (Å²) in [7, 11) is 2.84. The van der Waals surface area contributed by atoms with Crippen molar-refractivity contribution in [2.75, 3.05) is 14.2 Å². The standard InChI is InChI=1S/C25H18N2O6S/c1-31-15-8-9-19-21(11-15)34-25(27(19)13-22(28)32-2)26-23(29)18-12-17-16-6-4-3-5-14(16)7-10-20(17)33-24(18)30/h3-12H,13H2,1-2H3. The highest BCUT2D eigenvalue weighted by Crippen LogP contribution is 2.26. The van der Waals surface area contributed by atoms with Gasteiger partial charge in [0.1, 0.15) is 23.4 Å². The van der Waals surface area contributed by atoms with Crippen molar-refractivity contribution in [2.45, 2.75) is 6.54 Å². The van der Waals surface area contributed by atoms with Gasteiger partial charge in [-0.3, -0.25) is 9.59 Å². The molecule has 9 heteroatoms. The van der Waals surface area contributed by atoms with Gasteiger partial charge in [-0.25, -0.2) is 4.79 Å². The number of amides is 1. The van der Waals surface area contributed by atoms with E-state index in [2.05, 4.69) is 4.99 Å². The molecule has 1 amide bonds. The predicted molar refractivity (Wildman–Crippen MR) is 128 cm³/mol.